The Bertz CT molecular complexity index is 2620. The number of fused-ring (bicyclic) bond motifs is 6. The van der Waals surface area contributed by atoms with Crippen LogP contribution in [0.3, 0.4) is 0 Å². The first kappa shape index (κ1) is 32.5. The summed E-state index contributed by atoms with van der Waals surface area (Å²) in [5.41, 5.74) is 18.7. The maximum absolute atomic E-state index is 5.00. The van der Waals surface area contributed by atoms with Gasteiger partial charge in [0.25, 0.3) is 0 Å². The molecule has 2 aliphatic rings. The molecular weight excluding hydrogens is 643 g/mol. The predicted octanol–water partition coefficient (Wildman–Crippen LogP) is 12.7. The Balaban J connectivity index is 0.00000372. The second-order valence-corrected chi connectivity index (χ2v) is 14.4. The number of rotatable bonds is 5. The van der Waals surface area contributed by atoms with Crippen molar-refractivity contribution < 1.29 is 0 Å². The van der Waals surface area contributed by atoms with Crippen LogP contribution in [0.25, 0.3) is 78.7 Å². The molecule has 0 N–H and O–H groups in total. The Morgan fingerprint density at radius 3 is 1.64 bits per heavy atom. The fraction of sp³-hybridized carbons (Fsp3) is 0.100. The van der Waals surface area contributed by atoms with Gasteiger partial charge in [-0.2, -0.15) is 0 Å². The van der Waals surface area contributed by atoms with Crippen molar-refractivity contribution in [2.24, 2.45) is 0 Å². The number of benzene rings is 7. The largest absolute Gasteiger partial charge is 0.208 e. The van der Waals surface area contributed by atoms with E-state index in [9.17, 15) is 0 Å². The standard InChI is InChI=1S/C49H35N3.CH4/c1-49(2)44-22-10-9-19-40(44)41-26-25-34(30-45(41)49)33-23-24-36-29-43-38(20-12-21-39(43)42(36)28-33)35-17-11-18-37(27-35)48-51-46(31-13-5-3-6-14-31)50-47(52-48)32-15-7-4-8-16-32;/h3-28,30H,29H2,1-2H3;1H4. The molecule has 1 heterocycles. The molecule has 3 heteroatoms. The molecule has 0 bridgehead atoms. The molecule has 0 fully saturated rings. The van der Waals surface area contributed by atoms with Gasteiger partial charge < -0.3 is 0 Å². The van der Waals surface area contributed by atoms with Gasteiger partial charge in [-0.15, -0.1) is 0 Å². The van der Waals surface area contributed by atoms with Crippen LogP contribution in [0, 0.1) is 0 Å². The van der Waals surface area contributed by atoms with Gasteiger partial charge in [-0.25, -0.2) is 15.0 Å². The van der Waals surface area contributed by atoms with Crippen molar-refractivity contribution in [2.75, 3.05) is 0 Å². The lowest BCUT2D eigenvalue weighted by Crippen LogP contribution is -2.14. The molecule has 0 aliphatic heterocycles. The maximum Gasteiger partial charge on any atom is 0.164 e. The van der Waals surface area contributed by atoms with Crippen LogP contribution in [0.5, 0.6) is 0 Å². The minimum absolute atomic E-state index is 0. The van der Waals surface area contributed by atoms with Gasteiger partial charge in [0.1, 0.15) is 0 Å². The molecule has 10 rings (SSSR count). The van der Waals surface area contributed by atoms with Crippen LogP contribution in [0.1, 0.15) is 43.5 Å². The highest BCUT2D eigenvalue weighted by Gasteiger charge is 2.35. The second kappa shape index (κ2) is 12.6. The summed E-state index contributed by atoms with van der Waals surface area (Å²) in [5.74, 6) is 1.99. The van der Waals surface area contributed by atoms with Crippen LogP contribution in [0.2, 0.25) is 0 Å². The lowest BCUT2D eigenvalue weighted by Gasteiger charge is -2.22. The molecule has 1 aromatic heterocycles. The Kier molecular flexibility index (Phi) is 7.74. The number of aromatic nitrogens is 3. The Labute approximate surface area is 311 Å². The fourth-order valence-corrected chi connectivity index (χ4v) is 8.30. The summed E-state index contributed by atoms with van der Waals surface area (Å²) < 4.78 is 0. The summed E-state index contributed by atoms with van der Waals surface area (Å²) in [5, 5.41) is 0. The van der Waals surface area contributed by atoms with Crippen molar-refractivity contribution in [1.82, 2.24) is 15.0 Å². The second-order valence-electron chi connectivity index (χ2n) is 14.4. The zero-order valence-corrected chi connectivity index (χ0v) is 29.1. The van der Waals surface area contributed by atoms with Gasteiger partial charge in [0, 0.05) is 22.1 Å². The van der Waals surface area contributed by atoms with E-state index < -0.39 is 0 Å². The normalized spacial score (nSPS) is 13.0. The molecule has 0 spiro atoms. The summed E-state index contributed by atoms with van der Waals surface area (Å²) >= 11 is 0. The third-order valence-corrected chi connectivity index (χ3v) is 11.0. The van der Waals surface area contributed by atoms with E-state index in [-0.39, 0.29) is 12.8 Å². The van der Waals surface area contributed by atoms with Crippen molar-refractivity contribution >= 4 is 0 Å². The average molecular weight is 682 g/mol. The number of hydrogen-bond donors (Lipinski definition) is 0. The molecule has 53 heavy (non-hydrogen) atoms. The van der Waals surface area contributed by atoms with E-state index in [0.717, 1.165) is 28.7 Å². The van der Waals surface area contributed by atoms with E-state index in [4.69, 9.17) is 15.0 Å². The SMILES string of the molecule is C.CC1(C)c2ccccc2-c2ccc(-c3ccc4c(c3)-c3cccc(-c5cccc(-c6nc(-c7ccccc7)nc(-c7ccccc7)n6)c5)c3C4)cc21. The van der Waals surface area contributed by atoms with Crippen LogP contribution in [0.15, 0.2) is 164 Å². The first-order valence-electron chi connectivity index (χ1n) is 18.0. The lowest BCUT2D eigenvalue weighted by molar-refractivity contribution is 0.660. The zero-order chi connectivity index (χ0) is 34.8. The molecule has 8 aromatic rings. The van der Waals surface area contributed by atoms with Gasteiger partial charge in [-0.05, 0) is 91.4 Å². The minimum Gasteiger partial charge on any atom is -0.208 e. The van der Waals surface area contributed by atoms with Crippen molar-refractivity contribution in [3.63, 3.8) is 0 Å². The first-order chi connectivity index (χ1) is 25.5. The van der Waals surface area contributed by atoms with E-state index in [1.807, 2.05) is 60.7 Å². The fourth-order valence-electron chi connectivity index (χ4n) is 8.30. The first-order valence-corrected chi connectivity index (χ1v) is 18.0. The highest BCUT2D eigenvalue weighted by atomic mass is 15.0. The van der Waals surface area contributed by atoms with Gasteiger partial charge in [-0.1, -0.05) is 167 Å². The molecule has 3 nitrogen and oxygen atoms in total. The van der Waals surface area contributed by atoms with Crippen LogP contribution >= 0.6 is 0 Å². The molecule has 0 amide bonds. The van der Waals surface area contributed by atoms with Gasteiger partial charge >= 0.3 is 0 Å². The lowest BCUT2D eigenvalue weighted by atomic mass is 9.81. The molecule has 2 aliphatic carbocycles. The van der Waals surface area contributed by atoms with Crippen LogP contribution in [0.4, 0.5) is 0 Å². The van der Waals surface area contributed by atoms with Crippen LogP contribution < -0.4 is 0 Å². The maximum atomic E-state index is 5.00. The number of nitrogens with zero attached hydrogens (tertiary/aromatic N) is 3. The molecule has 7 aromatic carbocycles. The highest BCUT2D eigenvalue weighted by Crippen LogP contribution is 2.50. The molecule has 254 valence electrons. The van der Waals surface area contributed by atoms with Gasteiger partial charge in [-0.3, -0.25) is 0 Å². The summed E-state index contributed by atoms with van der Waals surface area (Å²) in [6.07, 6.45) is 0.903. The van der Waals surface area contributed by atoms with E-state index in [0.29, 0.717) is 17.5 Å². The zero-order valence-electron chi connectivity index (χ0n) is 29.1. The van der Waals surface area contributed by atoms with E-state index in [1.165, 1.54) is 61.2 Å². The topological polar surface area (TPSA) is 38.7 Å². The minimum atomic E-state index is -0.0256. The van der Waals surface area contributed by atoms with Crippen molar-refractivity contribution in [3.8, 4) is 78.7 Å². The monoisotopic (exact) mass is 681 g/mol. The third kappa shape index (κ3) is 5.39. The molecule has 0 unspecified atom stereocenters. The third-order valence-electron chi connectivity index (χ3n) is 11.0. The molecule has 0 saturated carbocycles. The van der Waals surface area contributed by atoms with Crippen molar-refractivity contribution in [2.45, 2.75) is 33.1 Å². The van der Waals surface area contributed by atoms with Crippen LogP contribution in [-0.4, -0.2) is 15.0 Å². The van der Waals surface area contributed by atoms with Gasteiger partial charge in [0.2, 0.25) is 0 Å². The van der Waals surface area contributed by atoms with Gasteiger partial charge in [0.05, 0.1) is 0 Å². The molecule has 0 saturated heterocycles. The predicted molar refractivity (Wildman–Crippen MR) is 220 cm³/mol. The summed E-state index contributed by atoms with van der Waals surface area (Å²) in [6.45, 7) is 4.70. The van der Waals surface area contributed by atoms with Crippen molar-refractivity contribution in [1.29, 1.82) is 0 Å². The summed E-state index contributed by atoms with van der Waals surface area (Å²) in [4.78, 5) is 14.9. The summed E-state index contributed by atoms with van der Waals surface area (Å²) in [7, 11) is 0. The molecular formula is C50H39N3. The molecule has 0 radical (unpaired) electrons. The molecule has 0 atom stereocenters. The summed E-state index contributed by atoms with van der Waals surface area (Å²) in [6, 6.07) is 58.6. The smallest absolute Gasteiger partial charge is 0.164 e. The quantitative estimate of drug-likeness (QED) is 0.181. The van der Waals surface area contributed by atoms with E-state index in [1.54, 1.807) is 0 Å². The Morgan fingerprint density at radius 2 is 0.906 bits per heavy atom. The average Bonchev–Trinajstić information content (AvgIpc) is 3.70. The highest BCUT2D eigenvalue weighted by molar-refractivity contribution is 5.89. The van der Waals surface area contributed by atoms with Gasteiger partial charge in [0.15, 0.2) is 17.5 Å². The van der Waals surface area contributed by atoms with Crippen molar-refractivity contribution in [3.05, 3.63) is 186 Å². The Hall–Kier alpha value is -6.45. The van der Waals surface area contributed by atoms with Crippen LogP contribution in [-0.2, 0) is 11.8 Å². The van der Waals surface area contributed by atoms with E-state index >= 15 is 0 Å². The van der Waals surface area contributed by atoms with E-state index in [2.05, 4.69) is 117 Å². The Morgan fingerprint density at radius 1 is 0.377 bits per heavy atom. The number of hydrogen-bond acceptors (Lipinski definition) is 3.